The van der Waals surface area contributed by atoms with Crippen LogP contribution in [0.1, 0.15) is 25.0 Å². The number of hydrogen-bond acceptors (Lipinski definition) is 3. The number of anilines is 1. The maximum atomic E-state index is 9.58. The predicted octanol–water partition coefficient (Wildman–Crippen LogP) is 2.73. The molecule has 17 heavy (non-hydrogen) atoms. The number of hydrogen-bond donors (Lipinski definition) is 1. The van der Waals surface area contributed by atoms with Crippen LogP contribution in [-0.4, -0.2) is 31.4 Å². The van der Waals surface area contributed by atoms with Crippen molar-refractivity contribution in [2.75, 3.05) is 25.2 Å². The largest absolute Gasteiger partial charge is 0.389 e. The van der Waals surface area contributed by atoms with Crippen LogP contribution in [0.25, 0.3) is 0 Å². The van der Waals surface area contributed by atoms with Crippen molar-refractivity contribution in [3.05, 3.63) is 28.2 Å². The first-order valence-electron chi connectivity index (χ1n) is 5.87. The lowest BCUT2D eigenvalue weighted by atomic mass is 10.1. The first-order chi connectivity index (χ1) is 8.09. The van der Waals surface area contributed by atoms with Gasteiger partial charge in [-0.2, -0.15) is 0 Å². The highest BCUT2D eigenvalue weighted by atomic mass is 79.9. The quantitative estimate of drug-likeness (QED) is 0.931. The van der Waals surface area contributed by atoms with E-state index in [9.17, 15) is 5.11 Å². The van der Waals surface area contributed by atoms with Crippen LogP contribution in [0.3, 0.4) is 0 Å². The number of likely N-dealkylation sites (N-methyl/N-ethyl adjacent to an activating group) is 1. The van der Waals surface area contributed by atoms with Crippen molar-refractivity contribution in [3.8, 4) is 0 Å². The average Bonchev–Trinajstić information content (AvgIpc) is 2.80. The molecular weight excluding hydrogens is 282 g/mol. The Morgan fingerprint density at radius 3 is 2.82 bits per heavy atom. The monoisotopic (exact) mass is 299 g/mol. The summed E-state index contributed by atoms with van der Waals surface area (Å²) in [5.74, 6) is 0. The van der Waals surface area contributed by atoms with Gasteiger partial charge in [0.05, 0.1) is 18.8 Å². The Morgan fingerprint density at radius 2 is 2.29 bits per heavy atom. The minimum atomic E-state index is -0.446. The zero-order chi connectivity index (χ0) is 12.4. The molecule has 0 amide bonds. The van der Waals surface area contributed by atoms with E-state index in [0.717, 1.165) is 35.4 Å². The van der Waals surface area contributed by atoms with Gasteiger partial charge >= 0.3 is 0 Å². The molecule has 1 heterocycles. The van der Waals surface area contributed by atoms with Crippen molar-refractivity contribution in [1.29, 1.82) is 0 Å². The lowest BCUT2D eigenvalue weighted by Crippen LogP contribution is -2.31. The minimum Gasteiger partial charge on any atom is -0.389 e. The van der Waals surface area contributed by atoms with Crippen molar-refractivity contribution in [2.45, 2.75) is 25.5 Å². The van der Waals surface area contributed by atoms with Crippen LogP contribution < -0.4 is 4.90 Å². The van der Waals surface area contributed by atoms with Crippen molar-refractivity contribution in [1.82, 2.24) is 0 Å². The molecule has 1 aliphatic heterocycles. The van der Waals surface area contributed by atoms with Crippen molar-refractivity contribution >= 4 is 21.6 Å². The summed E-state index contributed by atoms with van der Waals surface area (Å²) in [6, 6.07) is 6.53. The fraction of sp³-hybridized carbons (Fsp3) is 0.538. The summed E-state index contributed by atoms with van der Waals surface area (Å²) in [5, 5.41) is 9.58. The van der Waals surface area contributed by atoms with Crippen molar-refractivity contribution in [2.24, 2.45) is 0 Å². The zero-order valence-electron chi connectivity index (χ0n) is 10.2. The number of ether oxygens (including phenoxy) is 1. The molecule has 2 rings (SSSR count). The lowest BCUT2D eigenvalue weighted by molar-refractivity contribution is 0.193. The van der Waals surface area contributed by atoms with Gasteiger partial charge in [-0.3, -0.25) is 0 Å². The van der Waals surface area contributed by atoms with Gasteiger partial charge in [0, 0.05) is 23.8 Å². The highest BCUT2D eigenvalue weighted by Gasteiger charge is 2.21. The van der Waals surface area contributed by atoms with Crippen LogP contribution >= 0.6 is 15.9 Å². The third-order valence-electron chi connectivity index (χ3n) is 3.29. The standard InChI is InChI=1S/C13H18BrNO2/c1-9(16)12-4-3-10(7-13(12)14)15(2)11-5-6-17-8-11/h3-4,7,9,11,16H,5-6,8H2,1-2H3/t9-,11?/m1/s1. The van der Waals surface area contributed by atoms with Gasteiger partial charge in [-0.15, -0.1) is 0 Å². The summed E-state index contributed by atoms with van der Waals surface area (Å²) < 4.78 is 6.35. The second kappa shape index (κ2) is 5.38. The van der Waals surface area contributed by atoms with E-state index in [-0.39, 0.29) is 0 Å². The van der Waals surface area contributed by atoms with Crippen LogP contribution in [0.2, 0.25) is 0 Å². The highest BCUT2D eigenvalue weighted by Crippen LogP contribution is 2.29. The number of halogens is 1. The van der Waals surface area contributed by atoms with E-state index >= 15 is 0 Å². The molecule has 0 spiro atoms. The molecule has 1 unspecified atom stereocenters. The summed E-state index contributed by atoms with van der Waals surface area (Å²) in [6.07, 6.45) is 0.630. The van der Waals surface area contributed by atoms with Gasteiger partial charge in [0.25, 0.3) is 0 Å². The zero-order valence-corrected chi connectivity index (χ0v) is 11.8. The van der Waals surface area contributed by atoms with Crippen molar-refractivity contribution < 1.29 is 9.84 Å². The topological polar surface area (TPSA) is 32.7 Å². The highest BCUT2D eigenvalue weighted by molar-refractivity contribution is 9.10. The smallest absolute Gasteiger partial charge is 0.0772 e. The lowest BCUT2D eigenvalue weighted by Gasteiger charge is -2.26. The number of nitrogens with zero attached hydrogens (tertiary/aromatic N) is 1. The van der Waals surface area contributed by atoms with Gasteiger partial charge in [0.15, 0.2) is 0 Å². The molecule has 0 saturated carbocycles. The van der Waals surface area contributed by atoms with E-state index in [2.05, 4.69) is 33.9 Å². The molecule has 0 bridgehead atoms. The molecule has 0 aromatic heterocycles. The van der Waals surface area contributed by atoms with E-state index in [1.807, 2.05) is 12.1 Å². The van der Waals surface area contributed by atoms with Gasteiger partial charge in [0.2, 0.25) is 0 Å². The summed E-state index contributed by atoms with van der Waals surface area (Å²) in [7, 11) is 2.09. The van der Waals surface area contributed by atoms with Gasteiger partial charge in [-0.1, -0.05) is 22.0 Å². The third kappa shape index (κ3) is 2.81. The van der Waals surface area contributed by atoms with Crippen LogP contribution in [0, 0.1) is 0 Å². The molecule has 1 saturated heterocycles. The maximum Gasteiger partial charge on any atom is 0.0772 e. The van der Waals surface area contributed by atoms with E-state index < -0.39 is 6.10 Å². The van der Waals surface area contributed by atoms with Crippen LogP contribution in [-0.2, 0) is 4.74 Å². The van der Waals surface area contributed by atoms with Gasteiger partial charge in [-0.05, 0) is 31.0 Å². The molecule has 1 aliphatic rings. The Labute approximate surface area is 111 Å². The molecular formula is C13H18BrNO2. The SMILES string of the molecule is C[C@@H](O)c1ccc(N(C)C2CCOC2)cc1Br. The second-order valence-electron chi connectivity index (χ2n) is 4.51. The molecule has 4 heteroatoms. The molecule has 1 N–H and O–H groups in total. The van der Waals surface area contributed by atoms with Crippen LogP contribution in [0.5, 0.6) is 0 Å². The number of benzene rings is 1. The Morgan fingerprint density at radius 1 is 1.53 bits per heavy atom. The van der Waals surface area contributed by atoms with Gasteiger partial charge < -0.3 is 14.7 Å². The van der Waals surface area contributed by atoms with Gasteiger partial charge in [-0.25, -0.2) is 0 Å². The normalized spacial score (nSPS) is 21.5. The predicted molar refractivity (Wildman–Crippen MR) is 72.4 cm³/mol. The molecule has 0 radical (unpaired) electrons. The third-order valence-corrected chi connectivity index (χ3v) is 3.98. The molecule has 3 nitrogen and oxygen atoms in total. The summed E-state index contributed by atoms with van der Waals surface area (Å²) in [6.45, 7) is 3.42. The molecule has 1 aromatic rings. The van der Waals surface area contributed by atoms with Crippen LogP contribution in [0.15, 0.2) is 22.7 Å². The average molecular weight is 300 g/mol. The van der Waals surface area contributed by atoms with E-state index in [1.165, 1.54) is 0 Å². The molecule has 0 aliphatic carbocycles. The Hall–Kier alpha value is -0.580. The minimum absolute atomic E-state index is 0.446. The second-order valence-corrected chi connectivity index (χ2v) is 5.36. The summed E-state index contributed by atoms with van der Waals surface area (Å²) >= 11 is 3.51. The van der Waals surface area contributed by atoms with Crippen molar-refractivity contribution in [3.63, 3.8) is 0 Å². The number of aliphatic hydroxyl groups is 1. The molecule has 1 fully saturated rings. The first-order valence-corrected chi connectivity index (χ1v) is 6.67. The fourth-order valence-corrected chi connectivity index (χ4v) is 2.81. The Kier molecular flexibility index (Phi) is 4.07. The van der Waals surface area contributed by atoms with E-state index in [4.69, 9.17) is 4.74 Å². The Bertz CT molecular complexity index is 389. The van der Waals surface area contributed by atoms with Crippen LogP contribution in [0.4, 0.5) is 5.69 Å². The van der Waals surface area contributed by atoms with Gasteiger partial charge in [0.1, 0.15) is 0 Å². The molecule has 1 aromatic carbocycles. The van der Waals surface area contributed by atoms with E-state index in [0.29, 0.717) is 6.04 Å². The fourth-order valence-electron chi connectivity index (χ4n) is 2.11. The van der Waals surface area contributed by atoms with E-state index in [1.54, 1.807) is 6.92 Å². The maximum absolute atomic E-state index is 9.58. The molecule has 94 valence electrons. The summed E-state index contributed by atoms with van der Waals surface area (Å²) in [5.41, 5.74) is 2.07. The summed E-state index contributed by atoms with van der Waals surface area (Å²) in [4.78, 5) is 2.24. The Balaban J connectivity index is 2.18. The molecule has 2 atom stereocenters. The first kappa shape index (κ1) is 12.9. The number of rotatable bonds is 3. The number of aliphatic hydroxyl groups excluding tert-OH is 1.